The van der Waals surface area contributed by atoms with Crippen LogP contribution in [0.3, 0.4) is 0 Å². The summed E-state index contributed by atoms with van der Waals surface area (Å²) in [7, 11) is 1.75. The van der Waals surface area contributed by atoms with Crippen molar-refractivity contribution in [1.29, 1.82) is 0 Å². The van der Waals surface area contributed by atoms with Gasteiger partial charge in [-0.1, -0.05) is 0 Å². The largest absolute Gasteiger partial charge is 0.391 e. The van der Waals surface area contributed by atoms with Gasteiger partial charge in [-0.2, -0.15) is 4.98 Å². The number of methoxy groups -OCH3 is 1. The van der Waals surface area contributed by atoms with Crippen LogP contribution < -0.4 is 16.4 Å². The molecule has 0 spiro atoms. The highest BCUT2D eigenvalue weighted by atomic mass is 16.5. The second-order valence-electron chi connectivity index (χ2n) is 6.92. The van der Waals surface area contributed by atoms with Crippen LogP contribution in [0.5, 0.6) is 0 Å². The number of ether oxygens (including phenoxy) is 1. The van der Waals surface area contributed by atoms with E-state index in [2.05, 4.69) is 20.6 Å². The number of nitrogens with zero attached hydrogens (tertiary/aromatic N) is 2. The summed E-state index contributed by atoms with van der Waals surface area (Å²) in [4.78, 5) is 20.3. The summed E-state index contributed by atoms with van der Waals surface area (Å²) >= 11 is 0. The van der Waals surface area contributed by atoms with Crippen LogP contribution in [-0.4, -0.2) is 52.4 Å². The van der Waals surface area contributed by atoms with Gasteiger partial charge in [0.25, 0.3) is 5.91 Å². The van der Waals surface area contributed by atoms with Crippen LogP contribution in [0.2, 0.25) is 0 Å². The lowest BCUT2D eigenvalue weighted by Crippen LogP contribution is -2.32. The number of nitrogens with one attached hydrogen (secondary N) is 2. The molecule has 3 rings (SSSR count). The van der Waals surface area contributed by atoms with Gasteiger partial charge in [0.05, 0.1) is 23.8 Å². The number of amides is 1. The number of rotatable bonds is 6. The highest BCUT2D eigenvalue weighted by Crippen LogP contribution is 2.26. The third kappa shape index (κ3) is 4.38. The summed E-state index contributed by atoms with van der Waals surface area (Å²) in [5.41, 5.74) is 5.68. The number of hydrogen-bond acceptors (Lipinski definition) is 7. The Kier molecular flexibility index (Phi) is 5.70. The van der Waals surface area contributed by atoms with Gasteiger partial charge >= 0.3 is 0 Å². The molecule has 1 aromatic heterocycles. The number of carbonyl (C=O) groups excluding carboxylic acids is 1. The molecule has 25 heavy (non-hydrogen) atoms. The molecule has 1 amide bonds. The van der Waals surface area contributed by atoms with Crippen molar-refractivity contribution >= 4 is 17.7 Å². The second kappa shape index (κ2) is 7.97. The molecule has 0 saturated heterocycles. The van der Waals surface area contributed by atoms with Crippen molar-refractivity contribution in [2.45, 2.75) is 69.2 Å². The average molecular weight is 349 g/mol. The van der Waals surface area contributed by atoms with E-state index in [1.165, 1.54) is 6.20 Å². The first kappa shape index (κ1) is 17.9. The summed E-state index contributed by atoms with van der Waals surface area (Å²) in [5, 5.41) is 16.5. The van der Waals surface area contributed by atoms with Crippen molar-refractivity contribution in [3.05, 3.63) is 11.8 Å². The van der Waals surface area contributed by atoms with Crippen LogP contribution in [0.15, 0.2) is 6.20 Å². The van der Waals surface area contributed by atoms with Crippen molar-refractivity contribution in [3.63, 3.8) is 0 Å². The van der Waals surface area contributed by atoms with E-state index >= 15 is 0 Å². The topological polar surface area (TPSA) is 122 Å². The Hall–Kier alpha value is -1.93. The lowest BCUT2D eigenvalue weighted by atomic mass is 9.93. The molecule has 0 radical (unpaired) electrons. The SMILES string of the molecule is CO[C@H]1CC[C@H](Nc2ncc(C(N)=O)c(N[C@H]3CCCC3O)n2)CC1. The fraction of sp³-hybridized carbons (Fsp3) is 0.706. The molecule has 1 unspecified atom stereocenters. The van der Waals surface area contributed by atoms with Gasteiger partial charge in [-0.3, -0.25) is 4.79 Å². The van der Waals surface area contributed by atoms with Crippen LogP contribution in [0, 0.1) is 0 Å². The Balaban J connectivity index is 1.70. The van der Waals surface area contributed by atoms with E-state index in [4.69, 9.17) is 10.5 Å². The van der Waals surface area contributed by atoms with Gasteiger partial charge in [0.1, 0.15) is 5.82 Å². The quantitative estimate of drug-likeness (QED) is 0.610. The summed E-state index contributed by atoms with van der Waals surface area (Å²) in [6.07, 6.45) is 7.88. The van der Waals surface area contributed by atoms with E-state index in [-0.39, 0.29) is 17.6 Å². The number of carbonyl (C=O) groups is 1. The molecule has 8 nitrogen and oxygen atoms in total. The molecule has 0 bridgehead atoms. The Morgan fingerprint density at radius 1 is 1.24 bits per heavy atom. The van der Waals surface area contributed by atoms with Crippen molar-refractivity contribution < 1.29 is 14.6 Å². The molecule has 8 heteroatoms. The van der Waals surface area contributed by atoms with Crippen LogP contribution in [0.25, 0.3) is 0 Å². The molecule has 2 fully saturated rings. The van der Waals surface area contributed by atoms with Crippen LogP contribution >= 0.6 is 0 Å². The molecule has 2 saturated carbocycles. The molecule has 2 aliphatic rings. The Bertz CT molecular complexity index is 604. The van der Waals surface area contributed by atoms with Crippen molar-refractivity contribution in [1.82, 2.24) is 9.97 Å². The summed E-state index contributed by atoms with van der Waals surface area (Å²) in [6, 6.07) is 0.175. The minimum atomic E-state index is -0.581. The van der Waals surface area contributed by atoms with E-state index in [1.807, 2.05) is 0 Å². The standard InChI is InChI=1S/C17H27N5O3/c1-25-11-7-5-10(6-8-11)20-17-19-9-12(15(18)24)16(22-17)21-13-3-2-4-14(13)23/h9-11,13-14,23H,2-8H2,1H3,(H2,18,24)(H2,19,20,21,22)/t10-,11-,13-,14?/m0/s1. The van der Waals surface area contributed by atoms with Gasteiger partial charge in [0, 0.05) is 19.3 Å². The van der Waals surface area contributed by atoms with Gasteiger partial charge in [0.2, 0.25) is 5.95 Å². The first-order chi connectivity index (χ1) is 12.1. The summed E-state index contributed by atoms with van der Waals surface area (Å²) in [5.74, 6) is 0.282. The zero-order chi connectivity index (χ0) is 17.8. The minimum absolute atomic E-state index is 0.113. The molecule has 2 aliphatic carbocycles. The maximum Gasteiger partial charge on any atom is 0.254 e. The molecule has 5 N–H and O–H groups in total. The maximum atomic E-state index is 11.7. The Labute approximate surface area is 147 Å². The number of aliphatic hydroxyl groups excluding tert-OH is 1. The number of nitrogens with two attached hydrogens (primary N) is 1. The van der Waals surface area contributed by atoms with E-state index < -0.39 is 12.0 Å². The predicted octanol–water partition coefficient (Wildman–Crippen LogP) is 1.27. The molecule has 1 aromatic rings. The third-order valence-electron chi connectivity index (χ3n) is 5.20. The van der Waals surface area contributed by atoms with Gasteiger partial charge < -0.3 is 26.2 Å². The normalized spacial score (nSPS) is 29.4. The fourth-order valence-corrected chi connectivity index (χ4v) is 3.65. The first-order valence-electron chi connectivity index (χ1n) is 8.97. The van der Waals surface area contributed by atoms with Crippen molar-refractivity contribution in [2.75, 3.05) is 17.7 Å². The fourth-order valence-electron chi connectivity index (χ4n) is 3.65. The third-order valence-corrected chi connectivity index (χ3v) is 5.20. The molecule has 0 aliphatic heterocycles. The number of anilines is 2. The molecular weight excluding hydrogens is 322 g/mol. The highest BCUT2D eigenvalue weighted by molar-refractivity contribution is 5.97. The van der Waals surface area contributed by atoms with E-state index in [0.29, 0.717) is 17.9 Å². The maximum absolute atomic E-state index is 11.7. The Morgan fingerprint density at radius 2 is 2.00 bits per heavy atom. The monoisotopic (exact) mass is 349 g/mol. The Morgan fingerprint density at radius 3 is 2.60 bits per heavy atom. The van der Waals surface area contributed by atoms with Crippen LogP contribution in [-0.2, 0) is 4.74 Å². The molecular formula is C17H27N5O3. The van der Waals surface area contributed by atoms with E-state index in [0.717, 1.165) is 44.9 Å². The van der Waals surface area contributed by atoms with Crippen LogP contribution in [0.4, 0.5) is 11.8 Å². The summed E-state index contributed by atoms with van der Waals surface area (Å²) in [6.45, 7) is 0. The van der Waals surface area contributed by atoms with Gasteiger partial charge in [0.15, 0.2) is 0 Å². The predicted molar refractivity (Wildman–Crippen MR) is 94.5 cm³/mol. The van der Waals surface area contributed by atoms with E-state index in [9.17, 15) is 9.90 Å². The van der Waals surface area contributed by atoms with Crippen molar-refractivity contribution in [3.8, 4) is 0 Å². The van der Waals surface area contributed by atoms with Crippen LogP contribution in [0.1, 0.15) is 55.3 Å². The molecule has 138 valence electrons. The van der Waals surface area contributed by atoms with Gasteiger partial charge in [-0.25, -0.2) is 4.98 Å². The number of hydrogen-bond donors (Lipinski definition) is 4. The lowest BCUT2D eigenvalue weighted by Gasteiger charge is -2.28. The van der Waals surface area contributed by atoms with E-state index in [1.54, 1.807) is 7.11 Å². The average Bonchev–Trinajstić information content (AvgIpc) is 3.00. The molecule has 2 atom stereocenters. The minimum Gasteiger partial charge on any atom is -0.391 e. The number of aromatic nitrogens is 2. The molecule has 0 aromatic carbocycles. The first-order valence-corrected chi connectivity index (χ1v) is 8.97. The summed E-state index contributed by atoms with van der Waals surface area (Å²) < 4.78 is 5.39. The lowest BCUT2D eigenvalue weighted by molar-refractivity contribution is 0.0681. The highest BCUT2D eigenvalue weighted by Gasteiger charge is 2.27. The number of aliphatic hydroxyl groups is 1. The smallest absolute Gasteiger partial charge is 0.254 e. The molecule has 1 heterocycles. The zero-order valence-corrected chi connectivity index (χ0v) is 14.6. The second-order valence-corrected chi connectivity index (χ2v) is 6.92. The number of primary amides is 1. The van der Waals surface area contributed by atoms with Gasteiger partial charge in [-0.05, 0) is 44.9 Å². The zero-order valence-electron chi connectivity index (χ0n) is 14.6. The van der Waals surface area contributed by atoms with Crippen molar-refractivity contribution in [2.24, 2.45) is 5.73 Å². The van der Waals surface area contributed by atoms with Gasteiger partial charge in [-0.15, -0.1) is 0 Å².